The van der Waals surface area contributed by atoms with E-state index < -0.39 is 0 Å². The van der Waals surface area contributed by atoms with E-state index in [1.165, 1.54) is 25.7 Å². The molecule has 110 valence electrons. The maximum absolute atomic E-state index is 12.2. The van der Waals surface area contributed by atoms with Crippen molar-refractivity contribution in [2.24, 2.45) is 17.1 Å². The number of rotatable bonds is 3. The van der Waals surface area contributed by atoms with Crippen LogP contribution in [0.4, 0.5) is 0 Å². The number of nitrogens with two attached hydrogens (primary N) is 1. The van der Waals surface area contributed by atoms with Crippen LogP contribution in [0.1, 0.15) is 71.6 Å². The Morgan fingerprint density at radius 1 is 1.21 bits per heavy atom. The van der Waals surface area contributed by atoms with E-state index in [2.05, 4.69) is 19.2 Å². The highest BCUT2D eigenvalue weighted by molar-refractivity contribution is 5.76. The molecule has 0 spiro atoms. The molecule has 0 aromatic rings. The van der Waals surface area contributed by atoms with Crippen molar-refractivity contribution in [2.75, 3.05) is 0 Å². The van der Waals surface area contributed by atoms with Gasteiger partial charge in [0, 0.05) is 18.5 Å². The smallest absolute Gasteiger partial charge is 0.220 e. The molecule has 2 rings (SSSR count). The van der Waals surface area contributed by atoms with Gasteiger partial charge in [0.1, 0.15) is 0 Å². The van der Waals surface area contributed by atoms with Gasteiger partial charge in [0.2, 0.25) is 5.91 Å². The summed E-state index contributed by atoms with van der Waals surface area (Å²) in [6.07, 6.45) is 10.1. The lowest BCUT2D eigenvalue weighted by atomic mass is 9.75. The molecule has 19 heavy (non-hydrogen) atoms. The average Bonchev–Trinajstić information content (AvgIpc) is 2.30. The van der Waals surface area contributed by atoms with Crippen molar-refractivity contribution in [2.45, 2.75) is 83.7 Å². The van der Waals surface area contributed by atoms with E-state index in [4.69, 9.17) is 5.73 Å². The van der Waals surface area contributed by atoms with E-state index in [-0.39, 0.29) is 11.9 Å². The van der Waals surface area contributed by atoms with Crippen LogP contribution in [0.2, 0.25) is 0 Å². The highest BCUT2D eigenvalue weighted by Gasteiger charge is 2.30. The van der Waals surface area contributed by atoms with Gasteiger partial charge in [0.15, 0.2) is 0 Å². The molecule has 3 N–H and O–H groups in total. The zero-order valence-electron chi connectivity index (χ0n) is 12.6. The molecule has 0 aliphatic heterocycles. The Kier molecular flexibility index (Phi) is 4.88. The highest BCUT2D eigenvalue weighted by atomic mass is 16.1. The second-order valence-electron chi connectivity index (χ2n) is 7.44. The number of hydrogen-bond donors (Lipinski definition) is 2. The normalized spacial score (nSPS) is 34.8. The molecule has 3 nitrogen and oxygen atoms in total. The van der Waals surface area contributed by atoms with Crippen molar-refractivity contribution in [3.05, 3.63) is 0 Å². The third-order valence-electron chi connectivity index (χ3n) is 4.99. The van der Waals surface area contributed by atoms with Crippen molar-refractivity contribution >= 4 is 5.91 Å². The van der Waals surface area contributed by atoms with Gasteiger partial charge in [-0.25, -0.2) is 0 Å². The molecular formula is C16H30N2O. The van der Waals surface area contributed by atoms with Crippen molar-refractivity contribution in [1.82, 2.24) is 5.32 Å². The van der Waals surface area contributed by atoms with Gasteiger partial charge < -0.3 is 11.1 Å². The monoisotopic (exact) mass is 266 g/mol. The summed E-state index contributed by atoms with van der Waals surface area (Å²) in [6.45, 7) is 4.62. The van der Waals surface area contributed by atoms with Crippen LogP contribution in [0.15, 0.2) is 0 Å². The van der Waals surface area contributed by atoms with Gasteiger partial charge in [-0.1, -0.05) is 33.1 Å². The second-order valence-corrected chi connectivity index (χ2v) is 7.44. The van der Waals surface area contributed by atoms with Crippen LogP contribution in [0.25, 0.3) is 0 Å². The largest absolute Gasteiger partial charge is 0.353 e. The molecule has 0 saturated heterocycles. The molecule has 2 saturated carbocycles. The van der Waals surface area contributed by atoms with Crippen molar-refractivity contribution in [1.29, 1.82) is 0 Å². The Labute approximate surface area is 117 Å². The molecule has 3 heteroatoms. The van der Waals surface area contributed by atoms with Crippen molar-refractivity contribution < 1.29 is 4.79 Å². The highest BCUT2D eigenvalue weighted by Crippen LogP contribution is 2.35. The molecule has 0 heterocycles. The van der Waals surface area contributed by atoms with Crippen molar-refractivity contribution in [3.63, 3.8) is 0 Å². The summed E-state index contributed by atoms with van der Waals surface area (Å²) in [7, 11) is 0. The summed E-state index contributed by atoms with van der Waals surface area (Å²) in [5, 5.41) is 3.25. The molecule has 0 aromatic carbocycles. The number of amides is 1. The topological polar surface area (TPSA) is 55.1 Å². The van der Waals surface area contributed by atoms with E-state index in [0.717, 1.165) is 25.7 Å². The fourth-order valence-electron chi connectivity index (χ4n) is 3.84. The van der Waals surface area contributed by atoms with E-state index in [0.29, 0.717) is 23.8 Å². The van der Waals surface area contributed by atoms with Gasteiger partial charge in [-0.3, -0.25) is 4.79 Å². The lowest BCUT2D eigenvalue weighted by Crippen LogP contribution is -2.43. The van der Waals surface area contributed by atoms with Crippen molar-refractivity contribution in [3.8, 4) is 0 Å². The van der Waals surface area contributed by atoms with Gasteiger partial charge in [0.25, 0.3) is 0 Å². The first-order chi connectivity index (χ1) is 8.96. The lowest BCUT2D eigenvalue weighted by Gasteiger charge is -2.36. The lowest BCUT2D eigenvalue weighted by molar-refractivity contribution is -0.123. The first-order valence-corrected chi connectivity index (χ1v) is 8.01. The molecule has 0 radical (unpaired) electrons. The summed E-state index contributed by atoms with van der Waals surface area (Å²) >= 11 is 0. The molecule has 2 aliphatic rings. The van der Waals surface area contributed by atoms with Gasteiger partial charge in [0.05, 0.1) is 0 Å². The number of nitrogens with one attached hydrogen (secondary N) is 1. The van der Waals surface area contributed by atoms with Gasteiger partial charge in [-0.15, -0.1) is 0 Å². The SMILES string of the molecule is CC1(C)CCCC(NC(=O)CC2CCCCC2N)C1. The maximum Gasteiger partial charge on any atom is 0.220 e. The standard InChI is InChI=1S/C16H30N2O/c1-16(2)9-5-7-13(11-16)18-15(19)10-12-6-3-4-8-14(12)17/h12-14H,3-11,17H2,1-2H3,(H,18,19). The van der Waals surface area contributed by atoms with E-state index in [1.807, 2.05) is 0 Å². The molecule has 2 fully saturated rings. The number of carbonyl (C=O) groups excluding carboxylic acids is 1. The van der Waals surface area contributed by atoms with Crippen LogP contribution >= 0.6 is 0 Å². The fraction of sp³-hybridized carbons (Fsp3) is 0.938. The van der Waals surface area contributed by atoms with Crippen LogP contribution in [-0.4, -0.2) is 18.0 Å². The van der Waals surface area contributed by atoms with Gasteiger partial charge in [-0.05, 0) is 43.4 Å². The molecule has 3 unspecified atom stereocenters. The Balaban J connectivity index is 1.77. The number of hydrogen-bond acceptors (Lipinski definition) is 2. The predicted octanol–water partition coefficient (Wildman–Crippen LogP) is 2.98. The number of carbonyl (C=O) groups is 1. The van der Waals surface area contributed by atoms with Crippen LogP contribution in [-0.2, 0) is 4.79 Å². The molecule has 0 bridgehead atoms. The van der Waals surface area contributed by atoms with Gasteiger partial charge >= 0.3 is 0 Å². The minimum Gasteiger partial charge on any atom is -0.353 e. The summed E-state index contributed by atoms with van der Waals surface area (Å²) in [5.41, 5.74) is 6.51. The molecule has 3 atom stereocenters. The van der Waals surface area contributed by atoms with Crippen LogP contribution in [0.3, 0.4) is 0 Å². The zero-order chi connectivity index (χ0) is 13.9. The fourth-order valence-corrected chi connectivity index (χ4v) is 3.84. The Hall–Kier alpha value is -0.570. The third-order valence-corrected chi connectivity index (χ3v) is 4.99. The van der Waals surface area contributed by atoms with E-state index in [9.17, 15) is 4.79 Å². The second kappa shape index (κ2) is 6.25. The third kappa shape index (κ3) is 4.48. The Morgan fingerprint density at radius 3 is 2.63 bits per heavy atom. The van der Waals surface area contributed by atoms with E-state index in [1.54, 1.807) is 0 Å². The van der Waals surface area contributed by atoms with E-state index >= 15 is 0 Å². The first-order valence-electron chi connectivity index (χ1n) is 8.01. The summed E-state index contributed by atoms with van der Waals surface area (Å²) in [5.74, 6) is 0.635. The van der Waals surface area contributed by atoms with Crippen LogP contribution < -0.4 is 11.1 Å². The summed E-state index contributed by atoms with van der Waals surface area (Å²) < 4.78 is 0. The van der Waals surface area contributed by atoms with Crippen LogP contribution in [0, 0.1) is 11.3 Å². The quantitative estimate of drug-likeness (QED) is 0.825. The molecule has 2 aliphatic carbocycles. The predicted molar refractivity (Wildman–Crippen MR) is 78.7 cm³/mol. The summed E-state index contributed by atoms with van der Waals surface area (Å²) in [4.78, 5) is 12.2. The molecular weight excluding hydrogens is 236 g/mol. The average molecular weight is 266 g/mol. The Morgan fingerprint density at radius 2 is 1.95 bits per heavy atom. The summed E-state index contributed by atoms with van der Waals surface area (Å²) in [6, 6.07) is 0.623. The first kappa shape index (κ1) is 14.8. The molecule has 0 aromatic heterocycles. The minimum atomic E-state index is 0.227. The Bertz CT molecular complexity index is 314. The molecule has 1 amide bonds. The van der Waals surface area contributed by atoms with Gasteiger partial charge in [-0.2, -0.15) is 0 Å². The minimum absolute atomic E-state index is 0.227. The maximum atomic E-state index is 12.2. The zero-order valence-corrected chi connectivity index (χ0v) is 12.6. The van der Waals surface area contributed by atoms with Crippen LogP contribution in [0.5, 0.6) is 0 Å².